The van der Waals surface area contributed by atoms with Crippen LogP contribution in [0.1, 0.15) is 43.7 Å². The highest BCUT2D eigenvalue weighted by Gasteiger charge is 2.17. The van der Waals surface area contributed by atoms with Gasteiger partial charge in [0, 0.05) is 18.7 Å². The lowest BCUT2D eigenvalue weighted by molar-refractivity contribution is -0.116. The fourth-order valence-electron chi connectivity index (χ4n) is 2.81. The number of carbonyl (C=O) groups excluding carboxylic acids is 2. The Balaban J connectivity index is 1.79. The zero-order chi connectivity index (χ0) is 23.6. The van der Waals surface area contributed by atoms with Gasteiger partial charge in [-0.1, -0.05) is 25.5 Å². The molecular formula is C23H31N3O5S. The van der Waals surface area contributed by atoms with Gasteiger partial charge in [0.05, 0.1) is 11.5 Å². The van der Waals surface area contributed by atoms with Crippen LogP contribution in [0.4, 0.5) is 10.5 Å². The maximum absolute atomic E-state index is 12.3. The van der Waals surface area contributed by atoms with Crippen LogP contribution in [0.5, 0.6) is 5.75 Å². The molecule has 0 aliphatic carbocycles. The summed E-state index contributed by atoms with van der Waals surface area (Å²) in [6.07, 6.45) is 2.46. The number of carbonyl (C=O) groups is 2. The largest absolute Gasteiger partial charge is 0.493 e. The molecule has 2 rings (SSSR count). The Bertz CT molecular complexity index is 1020. The molecule has 0 heterocycles. The number of anilines is 1. The third kappa shape index (κ3) is 8.22. The number of aryl methyl sites for hydroxylation is 2. The molecule has 3 amide bonds. The zero-order valence-corrected chi connectivity index (χ0v) is 19.6. The molecule has 9 heteroatoms. The van der Waals surface area contributed by atoms with Gasteiger partial charge in [-0.05, 0) is 68.1 Å². The van der Waals surface area contributed by atoms with E-state index in [4.69, 9.17) is 4.74 Å². The number of hydrogen-bond acceptors (Lipinski definition) is 5. The van der Waals surface area contributed by atoms with Crippen molar-refractivity contribution in [3.05, 3.63) is 53.6 Å². The van der Waals surface area contributed by atoms with Crippen molar-refractivity contribution >= 4 is 27.6 Å². The molecule has 3 N–H and O–H groups in total. The first-order chi connectivity index (χ1) is 15.2. The number of rotatable bonds is 11. The predicted octanol–water partition coefficient (Wildman–Crippen LogP) is 3.89. The summed E-state index contributed by atoms with van der Waals surface area (Å²) in [5, 5.41) is 5.22. The predicted molar refractivity (Wildman–Crippen MR) is 124 cm³/mol. The minimum atomic E-state index is -3.98. The average Bonchev–Trinajstić information content (AvgIpc) is 2.74. The standard InChI is InChI=1S/C23H31N3O5S/c1-4-5-14-24-23(28)26-32(29,30)20-12-10-19(11-13-20)25-22(27)7-6-15-31-21-16-17(2)8-9-18(21)3/h8-13,16H,4-7,14-15H2,1-3H3,(H,25,27)(H2,24,26,28). The molecule has 0 aliphatic heterocycles. The first-order valence-corrected chi connectivity index (χ1v) is 12.1. The average molecular weight is 462 g/mol. The van der Waals surface area contributed by atoms with Gasteiger partial charge in [0.15, 0.2) is 0 Å². The number of nitrogens with one attached hydrogen (secondary N) is 3. The van der Waals surface area contributed by atoms with Crippen molar-refractivity contribution in [1.29, 1.82) is 0 Å². The van der Waals surface area contributed by atoms with Crippen LogP contribution >= 0.6 is 0 Å². The highest BCUT2D eigenvalue weighted by atomic mass is 32.2. The van der Waals surface area contributed by atoms with E-state index in [1.807, 2.05) is 43.7 Å². The second-order valence-electron chi connectivity index (χ2n) is 7.51. The van der Waals surface area contributed by atoms with Crippen molar-refractivity contribution in [2.45, 2.75) is 51.3 Å². The van der Waals surface area contributed by atoms with E-state index in [1.165, 1.54) is 24.3 Å². The molecule has 0 unspecified atom stereocenters. The second-order valence-corrected chi connectivity index (χ2v) is 9.19. The van der Waals surface area contributed by atoms with E-state index in [0.717, 1.165) is 29.7 Å². The van der Waals surface area contributed by atoms with E-state index < -0.39 is 16.1 Å². The fraction of sp³-hybridized carbons (Fsp3) is 0.391. The Morgan fingerprint density at radius 1 is 1.00 bits per heavy atom. The molecule has 32 heavy (non-hydrogen) atoms. The van der Waals surface area contributed by atoms with Gasteiger partial charge in [-0.25, -0.2) is 17.9 Å². The Labute approximate surface area is 189 Å². The lowest BCUT2D eigenvalue weighted by Gasteiger charge is -2.11. The lowest BCUT2D eigenvalue weighted by Crippen LogP contribution is -2.39. The van der Waals surface area contributed by atoms with Gasteiger partial charge in [-0.15, -0.1) is 0 Å². The molecule has 0 fully saturated rings. The van der Waals surface area contributed by atoms with Crippen LogP contribution in [0.15, 0.2) is 47.4 Å². The SMILES string of the molecule is CCCCNC(=O)NS(=O)(=O)c1ccc(NC(=O)CCCOc2cc(C)ccc2C)cc1. The fourth-order valence-corrected chi connectivity index (χ4v) is 3.74. The number of hydrogen-bond donors (Lipinski definition) is 3. The molecule has 0 saturated heterocycles. The van der Waals surface area contributed by atoms with E-state index in [0.29, 0.717) is 25.3 Å². The summed E-state index contributed by atoms with van der Waals surface area (Å²) < 4.78 is 32.3. The first-order valence-electron chi connectivity index (χ1n) is 10.6. The summed E-state index contributed by atoms with van der Waals surface area (Å²) in [5.74, 6) is 0.619. The Kier molecular flexibility index (Phi) is 9.52. The van der Waals surface area contributed by atoms with E-state index in [1.54, 1.807) is 0 Å². The molecule has 8 nitrogen and oxygen atoms in total. The second kappa shape index (κ2) is 12.1. The van der Waals surface area contributed by atoms with Crippen molar-refractivity contribution in [3.63, 3.8) is 0 Å². The molecule has 0 saturated carbocycles. The number of urea groups is 1. The van der Waals surface area contributed by atoms with Crippen LogP contribution in [0.25, 0.3) is 0 Å². The van der Waals surface area contributed by atoms with Crippen molar-refractivity contribution in [1.82, 2.24) is 10.0 Å². The summed E-state index contributed by atoms with van der Waals surface area (Å²) in [7, 11) is -3.98. The molecule has 0 spiro atoms. The van der Waals surface area contributed by atoms with Crippen molar-refractivity contribution < 1.29 is 22.7 Å². The van der Waals surface area contributed by atoms with Crippen LogP contribution in [0, 0.1) is 13.8 Å². The Morgan fingerprint density at radius 3 is 2.41 bits per heavy atom. The number of unbranched alkanes of at least 4 members (excludes halogenated alkanes) is 1. The number of ether oxygens (including phenoxy) is 1. The minimum absolute atomic E-state index is 0.0666. The Hall–Kier alpha value is -3.07. The molecule has 0 aromatic heterocycles. The Morgan fingerprint density at radius 2 is 1.72 bits per heavy atom. The number of benzene rings is 2. The van der Waals surface area contributed by atoms with Gasteiger partial charge < -0.3 is 15.4 Å². The van der Waals surface area contributed by atoms with Crippen molar-refractivity contribution in [2.75, 3.05) is 18.5 Å². The number of amides is 3. The highest BCUT2D eigenvalue weighted by molar-refractivity contribution is 7.90. The minimum Gasteiger partial charge on any atom is -0.493 e. The van der Waals surface area contributed by atoms with E-state index in [2.05, 4.69) is 10.6 Å². The van der Waals surface area contributed by atoms with Crippen LogP contribution in [-0.2, 0) is 14.8 Å². The lowest BCUT2D eigenvalue weighted by atomic mass is 10.1. The summed E-state index contributed by atoms with van der Waals surface area (Å²) >= 11 is 0. The topological polar surface area (TPSA) is 114 Å². The van der Waals surface area contributed by atoms with Gasteiger partial charge in [-0.3, -0.25) is 4.79 Å². The summed E-state index contributed by atoms with van der Waals surface area (Å²) in [4.78, 5) is 23.8. The third-order valence-corrected chi connectivity index (χ3v) is 5.99. The molecule has 0 radical (unpaired) electrons. The summed E-state index contributed by atoms with van der Waals surface area (Å²) in [6.45, 7) is 6.75. The first kappa shape index (κ1) is 25.2. The monoisotopic (exact) mass is 461 g/mol. The molecule has 2 aromatic carbocycles. The third-order valence-electron chi connectivity index (χ3n) is 4.64. The maximum atomic E-state index is 12.3. The van der Waals surface area contributed by atoms with E-state index in [-0.39, 0.29) is 17.2 Å². The molecular weight excluding hydrogens is 430 g/mol. The zero-order valence-electron chi connectivity index (χ0n) is 18.7. The van der Waals surface area contributed by atoms with Gasteiger partial charge in [0.2, 0.25) is 5.91 Å². The molecule has 0 aliphatic rings. The van der Waals surface area contributed by atoms with E-state index in [9.17, 15) is 18.0 Å². The molecule has 0 atom stereocenters. The quantitative estimate of drug-likeness (QED) is 0.439. The van der Waals surface area contributed by atoms with Crippen LogP contribution in [0.3, 0.4) is 0 Å². The molecule has 2 aromatic rings. The van der Waals surface area contributed by atoms with E-state index >= 15 is 0 Å². The van der Waals surface area contributed by atoms with Gasteiger partial charge >= 0.3 is 6.03 Å². The molecule has 174 valence electrons. The molecule has 0 bridgehead atoms. The normalized spacial score (nSPS) is 11.0. The van der Waals surface area contributed by atoms with Crippen LogP contribution < -0.4 is 20.1 Å². The van der Waals surface area contributed by atoms with Gasteiger partial charge in [0.25, 0.3) is 10.0 Å². The van der Waals surface area contributed by atoms with Crippen molar-refractivity contribution in [3.8, 4) is 5.75 Å². The number of sulfonamides is 1. The van der Waals surface area contributed by atoms with Crippen LogP contribution in [0.2, 0.25) is 0 Å². The van der Waals surface area contributed by atoms with Gasteiger partial charge in [-0.2, -0.15) is 0 Å². The highest BCUT2D eigenvalue weighted by Crippen LogP contribution is 2.19. The summed E-state index contributed by atoms with van der Waals surface area (Å²) in [5.41, 5.74) is 2.63. The van der Waals surface area contributed by atoms with Gasteiger partial charge in [0.1, 0.15) is 5.75 Å². The van der Waals surface area contributed by atoms with Crippen LogP contribution in [-0.4, -0.2) is 33.5 Å². The smallest absolute Gasteiger partial charge is 0.328 e. The maximum Gasteiger partial charge on any atom is 0.328 e. The summed E-state index contributed by atoms with van der Waals surface area (Å²) in [6, 6.07) is 10.8. The van der Waals surface area contributed by atoms with Crippen molar-refractivity contribution in [2.24, 2.45) is 0 Å².